The van der Waals surface area contributed by atoms with Gasteiger partial charge in [-0.3, -0.25) is 0 Å². The maximum absolute atomic E-state index is 9.65. The Morgan fingerprint density at radius 3 is 2.54 bits per heavy atom. The number of methoxy groups -OCH3 is 1. The molecule has 0 aliphatic rings. The van der Waals surface area contributed by atoms with Gasteiger partial charge < -0.3 is 9.84 Å². The van der Waals surface area contributed by atoms with Crippen molar-refractivity contribution in [2.45, 2.75) is 38.4 Å². The molecule has 0 aromatic rings. The Labute approximate surface area is 80.9 Å². The summed E-state index contributed by atoms with van der Waals surface area (Å²) < 4.78 is 5.21. The molecule has 0 bridgehead atoms. The monoisotopic (exact) mass is 184 g/mol. The molecule has 0 fully saturated rings. The van der Waals surface area contributed by atoms with Gasteiger partial charge in [-0.2, -0.15) is 0 Å². The Morgan fingerprint density at radius 1 is 1.69 bits per heavy atom. The fraction of sp³-hybridized carbons (Fsp3) is 0.636. The van der Waals surface area contributed by atoms with Crippen LogP contribution < -0.4 is 0 Å². The lowest BCUT2D eigenvalue weighted by atomic mass is 9.96. The van der Waals surface area contributed by atoms with Gasteiger partial charge >= 0.3 is 0 Å². The van der Waals surface area contributed by atoms with Crippen molar-refractivity contribution in [1.29, 1.82) is 0 Å². The van der Waals surface area contributed by atoms with Crippen molar-refractivity contribution in [1.82, 2.24) is 0 Å². The van der Waals surface area contributed by atoms with Gasteiger partial charge in [0, 0.05) is 7.11 Å². The number of hydrogen-bond donors (Lipinski definition) is 1. The Kier molecular flexibility index (Phi) is 4.96. The minimum atomic E-state index is -0.799. The lowest BCUT2D eigenvalue weighted by Gasteiger charge is -2.22. The third-order valence-corrected chi connectivity index (χ3v) is 2.19. The molecule has 0 saturated carbocycles. The van der Waals surface area contributed by atoms with Crippen molar-refractivity contribution in [3.63, 3.8) is 0 Å². The second-order valence-corrected chi connectivity index (χ2v) is 3.67. The zero-order valence-corrected chi connectivity index (χ0v) is 8.84. The van der Waals surface area contributed by atoms with Gasteiger partial charge in [-0.1, -0.05) is 18.2 Å². The molecule has 0 rings (SSSR count). The average Bonchev–Trinajstić information content (AvgIpc) is 2.05. The lowest BCUT2D eigenvalue weighted by Crippen LogP contribution is -2.23. The van der Waals surface area contributed by atoms with Crippen LogP contribution in [0.1, 0.15) is 26.7 Å². The van der Waals surface area contributed by atoms with E-state index in [0.717, 1.165) is 12.0 Å². The SMILES string of the molecule is C=CC(C)(O)CCC(OC)C(=C)C. The minimum absolute atomic E-state index is 0.0337. The van der Waals surface area contributed by atoms with Crippen LogP contribution in [-0.4, -0.2) is 23.9 Å². The van der Waals surface area contributed by atoms with Crippen molar-refractivity contribution in [3.05, 3.63) is 24.8 Å². The molecule has 2 unspecified atom stereocenters. The molecule has 0 amide bonds. The molecule has 0 radical (unpaired) electrons. The minimum Gasteiger partial charge on any atom is -0.386 e. The quantitative estimate of drug-likeness (QED) is 0.642. The lowest BCUT2D eigenvalue weighted by molar-refractivity contribution is 0.0655. The fourth-order valence-corrected chi connectivity index (χ4v) is 1.09. The van der Waals surface area contributed by atoms with Crippen molar-refractivity contribution < 1.29 is 9.84 Å². The number of hydrogen-bond acceptors (Lipinski definition) is 2. The largest absolute Gasteiger partial charge is 0.386 e. The highest BCUT2D eigenvalue weighted by Gasteiger charge is 2.18. The summed E-state index contributed by atoms with van der Waals surface area (Å²) in [6.45, 7) is 11.1. The molecule has 2 atom stereocenters. The van der Waals surface area contributed by atoms with E-state index in [1.54, 1.807) is 20.1 Å². The van der Waals surface area contributed by atoms with E-state index in [4.69, 9.17) is 4.74 Å². The molecule has 0 aliphatic carbocycles. The van der Waals surface area contributed by atoms with Gasteiger partial charge in [-0.15, -0.1) is 6.58 Å². The first-order valence-electron chi connectivity index (χ1n) is 4.47. The molecule has 2 heteroatoms. The fourth-order valence-electron chi connectivity index (χ4n) is 1.09. The summed E-state index contributed by atoms with van der Waals surface area (Å²) in [5, 5.41) is 9.65. The molecule has 0 aromatic carbocycles. The van der Waals surface area contributed by atoms with Gasteiger partial charge in [-0.25, -0.2) is 0 Å². The van der Waals surface area contributed by atoms with E-state index < -0.39 is 5.60 Å². The van der Waals surface area contributed by atoms with Crippen LogP contribution in [0.15, 0.2) is 24.8 Å². The molecule has 1 N–H and O–H groups in total. The highest BCUT2D eigenvalue weighted by Crippen LogP contribution is 2.18. The van der Waals surface area contributed by atoms with E-state index >= 15 is 0 Å². The van der Waals surface area contributed by atoms with Crippen LogP contribution in [-0.2, 0) is 4.74 Å². The Bertz CT molecular complexity index is 183. The van der Waals surface area contributed by atoms with E-state index in [1.165, 1.54) is 0 Å². The number of rotatable bonds is 6. The summed E-state index contributed by atoms with van der Waals surface area (Å²) >= 11 is 0. The van der Waals surface area contributed by atoms with Crippen molar-refractivity contribution in [2.24, 2.45) is 0 Å². The van der Waals surface area contributed by atoms with Crippen LogP contribution in [0.25, 0.3) is 0 Å². The maximum atomic E-state index is 9.65. The molecule has 13 heavy (non-hydrogen) atoms. The molecule has 0 spiro atoms. The molecule has 0 aliphatic heterocycles. The van der Waals surface area contributed by atoms with Gasteiger partial charge in [0.1, 0.15) is 0 Å². The summed E-state index contributed by atoms with van der Waals surface area (Å²) in [5.74, 6) is 0. The summed E-state index contributed by atoms with van der Waals surface area (Å²) in [5.41, 5.74) is 0.189. The van der Waals surface area contributed by atoms with Crippen molar-refractivity contribution >= 4 is 0 Å². The zero-order valence-electron chi connectivity index (χ0n) is 8.84. The van der Waals surface area contributed by atoms with Gasteiger partial charge in [0.2, 0.25) is 0 Å². The number of ether oxygens (including phenoxy) is 1. The second-order valence-electron chi connectivity index (χ2n) is 3.67. The summed E-state index contributed by atoms with van der Waals surface area (Å²) in [4.78, 5) is 0. The topological polar surface area (TPSA) is 29.5 Å². The van der Waals surface area contributed by atoms with Crippen LogP contribution in [0.3, 0.4) is 0 Å². The normalized spacial score (nSPS) is 17.5. The second kappa shape index (κ2) is 5.20. The Balaban J connectivity index is 3.99. The predicted molar refractivity (Wildman–Crippen MR) is 55.7 cm³/mol. The first-order valence-corrected chi connectivity index (χ1v) is 4.47. The van der Waals surface area contributed by atoms with Gasteiger partial charge in [-0.05, 0) is 26.7 Å². The molecule has 2 nitrogen and oxygen atoms in total. The van der Waals surface area contributed by atoms with E-state index in [1.807, 2.05) is 6.92 Å². The zero-order chi connectivity index (χ0) is 10.5. The van der Waals surface area contributed by atoms with Crippen LogP contribution >= 0.6 is 0 Å². The van der Waals surface area contributed by atoms with E-state index in [0.29, 0.717) is 6.42 Å². The third kappa shape index (κ3) is 4.86. The molecule has 0 saturated heterocycles. The van der Waals surface area contributed by atoms with Crippen LogP contribution in [0.5, 0.6) is 0 Å². The summed E-state index contributed by atoms with van der Waals surface area (Å²) in [7, 11) is 1.65. The highest BCUT2D eigenvalue weighted by atomic mass is 16.5. The average molecular weight is 184 g/mol. The number of aliphatic hydroxyl groups is 1. The van der Waals surface area contributed by atoms with E-state index in [-0.39, 0.29) is 6.10 Å². The van der Waals surface area contributed by atoms with Crippen LogP contribution in [0.4, 0.5) is 0 Å². The smallest absolute Gasteiger partial charge is 0.0798 e. The highest BCUT2D eigenvalue weighted by molar-refractivity contribution is 5.00. The first-order chi connectivity index (χ1) is 5.93. The Morgan fingerprint density at radius 2 is 2.23 bits per heavy atom. The van der Waals surface area contributed by atoms with E-state index in [2.05, 4.69) is 13.2 Å². The van der Waals surface area contributed by atoms with Crippen molar-refractivity contribution in [3.8, 4) is 0 Å². The standard InChI is InChI=1S/C11H20O2/c1-6-11(4,12)8-7-10(13-5)9(2)3/h6,10,12H,1-2,7-8H2,3-5H3. The van der Waals surface area contributed by atoms with E-state index in [9.17, 15) is 5.11 Å². The van der Waals surface area contributed by atoms with Crippen LogP contribution in [0, 0.1) is 0 Å². The molecular weight excluding hydrogens is 164 g/mol. The van der Waals surface area contributed by atoms with Gasteiger partial charge in [0.15, 0.2) is 0 Å². The third-order valence-electron chi connectivity index (χ3n) is 2.19. The first kappa shape index (κ1) is 12.4. The summed E-state index contributed by atoms with van der Waals surface area (Å²) in [6.07, 6.45) is 3.00. The molecule has 76 valence electrons. The summed E-state index contributed by atoms with van der Waals surface area (Å²) in [6, 6.07) is 0. The maximum Gasteiger partial charge on any atom is 0.0798 e. The molecular formula is C11H20O2. The molecule has 0 aromatic heterocycles. The molecule has 0 heterocycles. The van der Waals surface area contributed by atoms with Gasteiger partial charge in [0.25, 0.3) is 0 Å². The van der Waals surface area contributed by atoms with Crippen LogP contribution in [0.2, 0.25) is 0 Å². The predicted octanol–water partition coefficient (Wildman–Crippen LogP) is 2.29. The Hall–Kier alpha value is -0.600. The van der Waals surface area contributed by atoms with Crippen molar-refractivity contribution in [2.75, 3.05) is 7.11 Å². The van der Waals surface area contributed by atoms with Gasteiger partial charge in [0.05, 0.1) is 11.7 Å².